The summed E-state index contributed by atoms with van der Waals surface area (Å²) in [5, 5.41) is 24.6. The van der Waals surface area contributed by atoms with Crippen molar-refractivity contribution in [2.75, 3.05) is 32.5 Å². The third kappa shape index (κ3) is 12.9. The highest BCUT2D eigenvalue weighted by Crippen LogP contribution is 2.35. The number of hydrogen-bond acceptors (Lipinski definition) is 10. The SMILES string of the molecule is CNC(C)C(=O)NC(C(=O)N1Cc2cc(NCC(=O)NC3CC(C(=O)NC4CCCc5ccccc54)N(C(=O)C(NC(=O)C(C)NC)C(C)(C)C)C3)ccc2CC1C(=O)NC1CCCc2ccccc21)C(C)(C)C. The van der Waals surface area contributed by atoms with Gasteiger partial charge in [0, 0.05) is 31.2 Å². The lowest BCUT2D eigenvalue weighted by molar-refractivity contribution is -0.147. The number of rotatable bonds is 16. The summed E-state index contributed by atoms with van der Waals surface area (Å²) in [6.45, 7) is 14.7. The second kappa shape index (κ2) is 23.5. The molecule has 0 bridgehead atoms. The molecule has 0 aromatic heterocycles. The number of benzene rings is 3. The van der Waals surface area contributed by atoms with Crippen LogP contribution in [0.3, 0.4) is 0 Å². The number of nitrogens with zero attached hydrogens (tertiary/aromatic N) is 2. The summed E-state index contributed by atoms with van der Waals surface area (Å²) >= 11 is 0. The Bertz CT molecular complexity index is 2570. The Morgan fingerprint density at radius 1 is 0.608 bits per heavy atom. The zero-order chi connectivity index (χ0) is 53.6. The van der Waals surface area contributed by atoms with Crippen LogP contribution in [0, 0.1) is 10.8 Å². The van der Waals surface area contributed by atoms with Crippen molar-refractivity contribution in [2.45, 2.75) is 168 Å². The first-order valence-corrected chi connectivity index (χ1v) is 26.6. The Morgan fingerprint density at radius 2 is 1.11 bits per heavy atom. The van der Waals surface area contributed by atoms with Crippen LogP contribution >= 0.6 is 0 Å². The van der Waals surface area contributed by atoms with Crippen molar-refractivity contribution < 1.29 is 33.6 Å². The Kier molecular flexibility index (Phi) is 17.6. The lowest BCUT2D eigenvalue weighted by Crippen LogP contribution is -2.62. The van der Waals surface area contributed by atoms with Crippen LogP contribution in [0.5, 0.6) is 0 Å². The molecule has 2 aliphatic heterocycles. The van der Waals surface area contributed by atoms with E-state index in [0.717, 1.165) is 60.8 Å². The van der Waals surface area contributed by atoms with Crippen molar-refractivity contribution in [3.8, 4) is 0 Å². The largest absolute Gasteiger partial charge is 0.376 e. The molecule has 7 rings (SSSR count). The second-order valence-corrected chi connectivity index (χ2v) is 23.0. The Labute approximate surface area is 437 Å². The zero-order valence-corrected chi connectivity index (χ0v) is 45.1. The van der Waals surface area contributed by atoms with Gasteiger partial charge in [0.2, 0.25) is 41.4 Å². The van der Waals surface area contributed by atoms with Crippen LogP contribution in [0.15, 0.2) is 66.7 Å². The molecule has 4 aliphatic rings. The van der Waals surface area contributed by atoms with Gasteiger partial charge in [0.25, 0.3) is 0 Å². The first kappa shape index (κ1) is 55.4. The Morgan fingerprint density at radius 3 is 1.62 bits per heavy atom. The maximum Gasteiger partial charge on any atom is 0.246 e. The van der Waals surface area contributed by atoms with Crippen LogP contribution in [0.25, 0.3) is 0 Å². The van der Waals surface area contributed by atoms with E-state index in [1.807, 2.05) is 90.1 Å². The molecule has 8 N–H and O–H groups in total. The van der Waals surface area contributed by atoms with Crippen LogP contribution in [0.4, 0.5) is 5.69 Å². The van der Waals surface area contributed by atoms with Gasteiger partial charge in [-0.2, -0.15) is 0 Å². The molecule has 1 fully saturated rings. The Balaban J connectivity index is 1.08. The number of likely N-dealkylation sites (N-methyl/N-ethyl adjacent to an activating group) is 2. The van der Waals surface area contributed by atoms with E-state index in [1.54, 1.807) is 32.8 Å². The Hall–Kier alpha value is -6.33. The third-order valence-corrected chi connectivity index (χ3v) is 15.5. The molecule has 9 atom stereocenters. The van der Waals surface area contributed by atoms with Crippen molar-refractivity contribution in [3.05, 3.63) is 100 Å². The van der Waals surface area contributed by atoms with Crippen molar-refractivity contribution >= 4 is 47.0 Å². The lowest BCUT2D eigenvalue weighted by atomic mass is 9.83. The van der Waals surface area contributed by atoms with Gasteiger partial charge in [-0.15, -0.1) is 0 Å². The molecule has 17 nitrogen and oxygen atoms in total. The molecule has 400 valence electrons. The van der Waals surface area contributed by atoms with Gasteiger partial charge < -0.3 is 52.3 Å². The topological polar surface area (TPSA) is 222 Å². The number of amides is 7. The minimum absolute atomic E-state index is 0.0581. The fraction of sp³-hybridized carbons (Fsp3) is 0.561. The monoisotopic (exact) mass is 1020 g/mol. The first-order valence-electron chi connectivity index (χ1n) is 26.6. The maximum absolute atomic E-state index is 14.9. The fourth-order valence-electron chi connectivity index (χ4n) is 10.8. The van der Waals surface area contributed by atoms with E-state index in [1.165, 1.54) is 16.0 Å². The maximum atomic E-state index is 14.9. The van der Waals surface area contributed by atoms with Crippen LogP contribution < -0.4 is 42.5 Å². The summed E-state index contributed by atoms with van der Waals surface area (Å²) in [5.41, 5.74) is 5.41. The highest BCUT2D eigenvalue weighted by atomic mass is 16.2. The van der Waals surface area contributed by atoms with Gasteiger partial charge in [-0.1, -0.05) is 96.1 Å². The third-order valence-electron chi connectivity index (χ3n) is 15.5. The minimum atomic E-state index is -0.956. The fourth-order valence-corrected chi connectivity index (χ4v) is 10.8. The summed E-state index contributed by atoms with van der Waals surface area (Å²) in [7, 11) is 3.35. The van der Waals surface area contributed by atoms with Gasteiger partial charge in [0.05, 0.1) is 30.7 Å². The van der Waals surface area contributed by atoms with Gasteiger partial charge in [0.1, 0.15) is 24.2 Å². The predicted molar refractivity (Wildman–Crippen MR) is 285 cm³/mol. The molecule has 17 heteroatoms. The van der Waals surface area contributed by atoms with Crippen molar-refractivity contribution in [1.29, 1.82) is 0 Å². The predicted octanol–water partition coefficient (Wildman–Crippen LogP) is 4.10. The van der Waals surface area contributed by atoms with E-state index in [2.05, 4.69) is 60.7 Å². The average molecular weight is 1020 g/mol. The van der Waals surface area contributed by atoms with E-state index in [4.69, 9.17) is 0 Å². The van der Waals surface area contributed by atoms with Gasteiger partial charge in [-0.25, -0.2) is 0 Å². The van der Waals surface area contributed by atoms with Crippen molar-refractivity contribution in [1.82, 2.24) is 47.0 Å². The standard InChI is InChI=1S/C57H80N10O7/c1-33(58-9)50(69)64-48(56(3,4)5)54(73)66-31-38-27-39(26-25-37(38)28-45(66)52(71)62-43-23-15-19-35-17-11-13-21-41(35)43)60-30-47(68)61-40-29-46(53(72)63-44-24-16-20-36-18-12-14-22-42(36)44)67(32-40)55(74)49(57(6,7)8)65-51(70)34(2)59-10/h11-14,17-18,21-22,25-27,33-34,40,43-46,48-49,58-60H,15-16,19-20,23-24,28-32H2,1-10H3,(H,61,68)(H,62,71)(H,63,72)(H,64,69)(H,65,70). The van der Waals surface area contributed by atoms with Crippen LogP contribution in [0.1, 0.15) is 133 Å². The van der Waals surface area contributed by atoms with Crippen LogP contribution in [-0.4, -0.2) is 121 Å². The quantitative estimate of drug-likeness (QED) is 0.103. The number of nitrogens with one attached hydrogen (secondary N) is 8. The number of aryl methyl sites for hydroxylation is 2. The average Bonchev–Trinajstić information content (AvgIpc) is 3.80. The van der Waals surface area contributed by atoms with E-state index < -0.39 is 59.0 Å². The number of likely N-dealkylation sites (tertiary alicyclic amines) is 1. The number of carbonyl (C=O) groups is 7. The molecule has 3 aromatic carbocycles. The smallest absolute Gasteiger partial charge is 0.246 e. The van der Waals surface area contributed by atoms with E-state index in [9.17, 15) is 33.6 Å². The summed E-state index contributed by atoms with van der Waals surface area (Å²) in [5.74, 6) is -2.39. The lowest BCUT2D eigenvalue weighted by Gasteiger charge is -2.42. The van der Waals surface area contributed by atoms with Gasteiger partial charge in [-0.05, 0) is 129 Å². The molecular formula is C57H80N10O7. The van der Waals surface area contributed by atoms with Crippen molar-refractivity contribution in [3.63, 3.8) is 0 Å². The van der Waals surface area contributed by atoms with E-state index >= 15 is 0 Å². The molecule has 1 saturated heterocycles. The zero-order valence-electron chi connectivity index (χ0n) is 45.1. The molecule has 3 aromatic rings. The molecule has 0 radical (unpaired) electrons. The molecular weight excluding hydrogens is 937 g/mol. The van der Waals surface area contributed by atoms with E-state index in [0.29, 0.717) is 5.69 Å². The second-order valence-electron chi connectivity index (χ2n) is 23.0. The number of anilines is 1. The summed E-state index contributed by atoms with van der Waals surface area (Å²) < 4.78 is 0. The summed E-state index contributed by atoms with van der Waals surface area (Å²) in [6, 6.07) is 16.1. The molecule has 7 amide bonds. The molecule has 9 unspecified atom stereocenters. The normalized spacial score (nSPS) is 22.1. The first-order chi connectivity index (χ1) is 35.1. The summed E-state index contributed by atoms with van der Waals surface area (Å²) in [4.78, 5) is 102. The molecule has 0 spiro atoms. The minimum Gasteiger partial charge on any atom is -0.376 e. The number of fused-ring (bicyclic) bond motifs is 3. The highest BCUT2D eigenvalue weighted by Gasteiger charge is 2.47. The molecule has 0 saturated carbocycles. The highest BCUT2D eigenvalue weighted by molar-refractivity contribution is 5.95. The summed E-state index contributed by atoms with van der Waals surface area (Å²) in [6.07, 6.45) is 5.64. The van der Waals surface area contributed by atoms with Crippen LogP contribution in [-0.2, 0) is 59.4 Å². The molecule has 74 heavy (non-hydrogen) atoms. The molecule has 2 heterocycles. The van der Waals surface area contributed by atoms with Gasteiger partial charge >= 0.3 is 0 Å². The van der Waals surface area contributed by atoms with Crippen molar-refractivity contribution in [2.24, 2.45) is 10.8 Å². The van der Waals surface area contributed by atoms with E-state index in [-0.39, 0.29) is 80.0 Å². The van der Waals surface area contributed by atoms with Gasteiger partial charge in [0.15, 0.2) is 0 Å². The number of carbonyl (C=O) groups excluding carboxylic acids is 7. The van der Waals surface area contributed by atoms with Crippen LogP contribution in [0.2, 0.25) is 0 Å². The van der Waals surface area contributed by atoms with Gasteiger partial charge in [-0.3, -0.25) is 33.6 Å². The number of hydrogen-bond donors (Lipinski definition) is 8. The molecule has 2 aliphatic carbocycles.